The Morgan fingerprint density at radius 2 is 2.28 bits per heavy atom. The van der Waals surface area contributed by atoms with E-state index in [4.69, 9.17) is 14.6 Å². The van der Waals surface area contributed by atoms with Gasteiger partial charge in [-0.15, -0.1) is 0 Å². The smallest absolute Gasteiger partial charge is 0.371 e. The van der Waals surface area contributed by atoms with Gasteiger partial charge in [0.15, 0.2) is 0 Å². The normalized spacial score (nSPS) is 12.6. The number of hydrogen-bond acceptors (Lipinski definition) is 5. The molecule has 0 radical (unpaired) electrons. The number of rotatable bonds is 9. The third-order valence-corrected chi connectivity index (χ3v) is 3.48. The minimum atomic E-state index is -1.05. The Balaban J connectivity index is 2.23. The zero-order valence-corrected chi connectivity index (χ0v) is 11.2. The highest BCUT2D eigenvalue weighted by molar-refractivity contribution is 7.99. The summed E-state index contributed by atoms with van der Waals surface area (Å²) in [7, 11) is 0. The van der Waals surface area contributed by atoms with Gasteiger partial charge in [-0.25, -0.2) is 4.79 Å². The Morgan fingerprint density at radius 3 is 2.89 bits per heavy atom. The fourth-order valence-corrected chi connectivity index (χ4v) is 2.22. The van der Waals surface area contributed by atoms with Gasteiger partial charge in [0.05, 0.1) is 6.04 Å². The summed E-state index contributed by atoms with van der Waals surface area (Å²) < 4.78 is 5.20. The molecule has 1 rings (SSSR count). The first kappa shape index (κ1) is 15.1. The predicted octanol–water partition coefficient (Wildman–Crippen LogP) is 1.74. The van der Waals surface area contributed by atoms with Crippen LogP contribution in [0.15, 0.2) is 16.5 Å². The molecule has 1 aromatic rings. The molecule has 1 atom stereocenters. The molecule has 0 bridgehead atoms. The molecule has 1 aromatic heterocycles. The summed E-state index contributed by atoms with van der Waals surface area (Å²) in [5, 5.41) is 20.6. The van der Waals surface area contributed by atoms with E-state index in [9.17, 15) is 4.79 Å². The number of aromatic carboxylic acids is 1. The molecule has 0 amide bonds. The number of nitrogens with one attached hydrogen (secondary N) is 1. The van der Waals surface area contributed by atoms with Gasteiger partial charge in [-0.1, -0.05) is 0 Å². The van der Waals surface area contributed by atoms with Crippen LogP contribution in [0.3, 0.4) is 0 Å². The molecule has 0 aromatic carbocycles. The molecule has 0 spiro atoms. The van der Waals surface area contributed by atoms with E-state index in [1.807, 2.05) is 6.92 Å². The van der Waals surface area contributed by atoms with E-state index >= 15 is 0 Å². The lowest BCUT2D eigenvalue weighted by atomic mass is 10.2. The summed E-state index contributed by atoms with van der Waals surface area (Å²) in [6.45, 7) is 2.99. The van der Waals surface area contributed by atoms with Gasteiger partial charge in [-0.3, -0.25) is 0 Å². The average Bonchev–Trinajstić information content (AvgIpc) is 2.83. The summed E-state index contributed by atoms with van der Waals surface area (Å²) in [5.41, 5.74) is 0. The highest BCUT2D eigenvalue weighted by Crippen LogP contribution is 2.16. The topological polar surface area (TPSA) is 82.7 Å². The summed E-state index contributed by atoms with van der Waals surface area (Å²) in [4.78, 5) is 10.7. The number of carbonyl (C=O) groups is 1. The lowest BCUT2D eigenvalue weighted by Gasteiger charge is -2.10. The predicted molar refractivity (Wildman–Crippen MR) is 71.1 cm³/mol. The first-order valence-electron chi connectivity index (χ1n) is 5.90. The third-order valence-electron chi connectivity index (χ3n) is 2.41. The largest absolute Gasteiger partial charge is 0.475 e. The molecule has 0 aliphatic carbocycles. The monoisotopic (exact) mass is 273 g/mol. The highest BCUT2D eigenvalue weighted by Gasteiger charge is 2.13. The van der Waals surface area contributed by atoms with E-state index in [2.05, 4.69) is 5.32 Å². The standard InChI is InChI=1S/C12H19NO4S/c1-9(13-5-8-18-7-2-6-14)10-3-4-11(17-10)12(15)16/h3-4,9,13-14H,2,5-8H2,1H3,(H,15,16). The summed E-state index contributed by atoms with van der Waals surface area (Å²) >= 11 is 1.78. The lowest BCUT2D eigenvalue weighted by Crippen LogP contribution is -2.21. The second kappa shape index (κ2) is 8.18. The summed E-state index contributed by atoms with van der Waals surface area (Å²) in [6.07, 6.45) is 0.820. The van der Waals surface area contributed by atoms with Crippen molar-refractivity contribution in [2.24, 2.45) is 0 Å². The zero-order chi connectivity index (χ0) is 13.4. The molecule has 0 saturated heterocycles. The Hall–Kier alpha value is -0.980. The van der Waals surface area contributed by atoms with Gasteiger partial charge < -0.3 is 19.9 Å². The SMILES string of the molecule is CC(NCCSCCCO)c1ccc(C(=O)O)o1. The van der Waals surface area contributed by atoms with Gasteiger partial charge in [0.1, 0.15) is 5.76 Å². The molecule has 5 nitrogen and oxygen atoms in total. The first-order valence-corrected chi connectivity index (χ1v) is 7.05. The Morgan fingerprint density at radius 1 is 1.50 bits per heavy atom. The van der Waals surface area contributed by atoms with E-state index < -0.39 is 5.97 Å². The summed E-state index contributed by atoms with van der Waals surface area (Å²) in [6, 6.07) is 3.14. The van der Waals surface area contributed by atoms with Crippen molar-refractivity contribution in [3.63, 3.8) is 0 Å². The van der Waals surface area contributed by atoms with Crippen LogP contribution in [0, 0.1) is 0 Å². The van der Waals surface area contributed by atoms with E-state index in [0.717, 1.165) is 24.5 Å². The number of hydrogen-bond donors (Lipinski definition) is 3. The molecule has 3 N–H and O–H groups in total. The van der Waals surface area contributed by atoms with Crippen LogP contribution in [-0.2, 0) is 0 Å². The van der Waals surface area contributed by atoms with Crippen LogP contribution in [0.4, 0.5) is 0 Å². The zero-order valence-electron chi connectivity index (χ0n) is 10.4. The molecule has 102 valence electrons. The van der Waals surface area contributed by atoms with Crippen LogP contribution in [0.5, 0.6) is 0 Å². The number of carboxylic acids is 1. The van der Waals surface area contributed by atoms with Crippen molar-refractivity contribution < 1.29 is 19.4 Å². The minimum absolute atomic E-state index is 0.00320. The minimum Gasteiger partial charge on any atom is -0.475 e. The molecular weight excluding hydrogens is 254 g/mol. The third kappa shape index (κ3) is 5.12. The van der Waals surface area contributed by atoms with Crippen molar-refractivity contribution in [1.82, 2.24) is 5.32 Å². The van der Waals surface area contributed by atoms with E-state index in [-0.39, 0.29) is 18.4 Å². The maximum absolute atomic E-state index is 10.7. The number of furan rings is 1. The van der Waals surface area contributed by atoms with Gasteiger partial charge >= 0.3 is 5.97 Å². The maximum atomic E-state index is 10.7. The second-order valence-corrected chi connectivity index (χ2v) is 5.10. The lowest BCUT2D eigenvalue weighted by molar-refractivity contribution is 0.0659. The molecular formula is C12H19NO4S. The van der Waals surface area contributed by atoms with Crippen LogP contribution in [0.1, 0.15) is 35.7 Å². The van der Waals surface area contributed by atoms with E-state index in [1.165, 1.54) is 6.07 Å². The van der Waals surface area contributed by atoms with Gasteiger partial charge in [-0.05, 0) is 31.2 Å². The molecule has 6 heteroatoms. The quantitative estimate of drug-likeness (QED) is 0.595. The van der Waals surface area contributed by atoms with Crippen LogP contribution < -0.4 is 5.32 Å². The number of aliphatic hydroxyl groups is 1. The Bertz CT molecular complexity index is 367. The maximum Gasteiger partial charge on any atom is 0.371 e. The van der Waals surface area contributed by atoms with Gasteiger partial charge in [0.2, 0.25) is 5.76 Å². The van der Waals surface area contributed by atoms with Gasteiger partial charge in [0, 0.05) is 18.9 Å². The van der Waals surface area contributed by atoms with Crippen LogP contribution in [0.2, 0.25) is 0 Å². The second-order valence-electron chi connectivity index (χ2n) is 3.87. The van der Waals surface area contributed by atoms with Gasteiger partial charge in [0.25, 0.3) is 0 Å². The molecule has 0 saturated carbocycles. The molecule has 0 aliphatic rings. The highest BCUT2D eigenvalue weighted by atomic mass is 32.2. The van der Waals surface area contributed by atoms with E-state index in [1.54, 1.807) is 17.8 Å². The van der Waals surface area contributed by atoms with Crippen molar-refractivity contribution in [3.05, 3.63) is 23.7 Å². The molecule has 1 unspecified atom stereocenters. The molecule has 1 heterocycles. The van der Waals surface area contributed by atoms with Crippen molar-refractivity contribution >= 4 is 17.7 Å². The van der Waals surface area contributed by atoms with Crippen LogP contribution in [-0.4, -0.2) is 40.8 Å². The average molecular weight is 273 g/mol. The van der Waals surface area contributed by atoms with Crippen molar-refractivity contribution in [1.29, 1.82) is 0 Å². The van der Waals surface area contributed by atoms with Crippen LogP contribution in [0.25, 0.3) is 0 Å². The number of thioether (sulfide) groups is 1. The molecule has 0 aliphatic heterocycles. The van der Waals surface area contributed by atoms with Crippen molar-refractivity contribution in [3.8, 4) is 0 Å². The Labute approximate surface area is 111 Å². The molecule has 0 fully saturated rings. The van der Waals surface area contributed by atoms with Crippen molar-refractivity contribution in [2.45, 2.75) is 19.4 Å². The summed E-state index contributed by atoms with van der Waals surface area (Å²) in [5.74, 6) is 1.46. The van der Waals surface area contributed by atoms with Gasteiger partial charge in [-0.2, -0.15) is 11.8 Å². The Kier molecular flexibility index (Phi) is 6.85. The fourth-order valence-electron chi connectivity index (χ4n) is 1.42. The fraction of sp³-hybridized carbons (Fsp3) is 0.583. The van der Waals surface area contributed by atoms with Crippen LogP contribution >= 0.6 is 11.8 Å². The molecule has 18 heavy (non-hydrogen) atoms. The van der Waals surface area contributed by atoms with Crippen molar-refractivity contribution in [2.75, 3.05) is 24.7 Å². The first-order chi connectivity index (χ1) is 8.65. The van der Waals surface area contributed by atoms with E-state index in [0.29, 0.717) is 5.76 Å². The number of carboxylic acid groups (broad SMARTS) is 1. The number of aliphatic hydroxyl groups excluding tert-OH is 1.